The lowest BCUT2D eigenvalue weighted by Gasteiger charge is -1.81. The van der Waals surface area contributed by atoms with Crippen LogP contribution in [0.3, 0.4) is 0 Å². The van der Waals surface area contributed by atoms with Crippen LogP contribution in [0.25, 0.3) is 12.2 Å². The highest BCUT2D eigenvalue weighted by Gasteiger charge is 1.92. The van der Waals surface area contributed by atoms with Gasteiger partial charge in [-0.25, -0.2) is 0 Å². The van der Waals surface area contributed by atoms with Gasteiger partial charge in [0.1, 0.15) is 0 Å². The lowest BCUT2D eigenvalue weighted by molar-refractivity contribution is 1.90. The van der Waals surface area contributed by atoms with Crippen LogP contribution < -0.4 is 0 Å². The van der Waals surface area contributed by atoms with Crippen molar-refractivity contribution in [2.45, 2.75) is 0 Å². The predicted octanol–water partition coefficient (Wildman–Crippen LogP) is 5.90. The predicted molar refractivity (Wildman–Crippen MR) is 87.1 cm³/mol. The number of thiophene rings is 2. The minimum absolute atomic E-state index is 1.17. The second-order valence-corrected chi connectivity index (χ2v) is 8.51. The summed E-state index contributed by atoms with van der Waals surface area (Å²) in [5.41, 5.74) is 0. The molecule has 0 radical (unpaired) electrons. The average Bonchev–Trinajstić information content (AvgIpc) is 2.83. The normalized spacial score (nSPS) is 11.9. The summed E-state index contributed by atoms with van der Waals surface area (Å²) >= 11 is 9.32. The Morgan fingerprint density at radius 1 is 0.938 bits per heavy atom. The van der Waals surface area contributed by atoms with Crippen LogP contribution in [-0.2, 0) is 0 Å². The Morgan fingerprint density at radius 2 is 1.56 bits per heavy atom. The monoisotopic (exact) mass is 422 g/mol. The zero-order valence-corrected chi connectivity index (χ0v) is 13.6. The van der Waals surface area contributed by atoms with E-state index in [4.69, 9.17) is 0 Å². The molecule has 2 rings (SSSR count). The molecule has 82 valence electrons. The van der Waals surface area contributed by atoms with Crippen LogP contribution >= 0.6 is 61.2 Å². The van der Waals surface area contributed by atoms with Crippen LogP contribution in [0.4, 0.5) is 0 Å². The minimum atomic E-state index is 1.17. The summed E-state index contributed by atoms with van der Waals surface area (Å²) in [7, 11) is 0. The summed E-state index contributed by atoms with van der Waals surface area (Å²) < 4.78 is 2.49. The molecule has 0 unspecified atom stereocenters. The molecule has 2 heterocycles. The van der Waals surface area contributed by atoms with Gasteiger partial charge in [0, 0.05) is 9.75 Å². The van der Waals surface area contributed by atoms with Crippen molar-refractivity contribution in [2.24, 2.45) is 0 Å². The van der Waals surface area contributed by atoms with E-state index in [2.05, 4.69) is 87.1 Å². The number of hydrogen-bond acceptors (Lipinski definition) is 2. The fraction of sp³-hybridized carbons (Fsp3) is 0. The summed E-state index contributed by atoms with van der Waals surface area (Å²) in [4.78, 5) is 2.55. The Balaban J connectivity index is 1.96. The minimum Gasteiger partial charge on any atom is -0.130 e. The first kappa shape index (κ1) is 12.5. The van der Waals surface area contributed by atoms with E-state index in [1.165, 1.54) is 16.4 Å². The molecule has 0 aliphatic carbocycles. The van der Waals surface area contributed by atoms with Crippen molar-refractivity contribution >= 4 is 73.3 Å². The van der Waals surface area contributed by atoms with Gasteiger partial charge in [-0.2, -0.15) is 0 Å². The Bertz CT molecular complexity index is 474. The second kappa shape index (κ2) is 6.14. The van der Waals surface area contributed by atoms with E-state index in [1.807, 2.05) is 0 Å². The Morgan fingerprint density at radius 3 is 2.06 bits per heavy atom. The van der Waals surface area contributed by atoms with E-state index >= 15 is 0 Å². The standard InChI is InChI=1S/C12H8BrIS2/c13-11-7-5-9(15-11)3-1-2-4-10-6-8-12(14)16-10/h1-8H/b3-1+,4-2+. The van der Waals surface area contributed by atoms with E-state index in [-0.39, 0.29) is 0 Å². The quantitative estimate of drug-likeness (QED) is 0.426. The molecular formula is C12H8BrIS2. The first-order chi connectivity index (χ1) is 7.74. The summed E-state index contributed by atoms with van der Waals surface area (Å²) in [5.74, 6) is 0. The van der Waals surface area contributed by atoms with Gasteiger partial charge in [-0.1, -0.05) is 12.2 Å². The van der Waals surface area contributed by atoms with Gasteiger partial charge in [-0.15, -0.1) is 22.7 Å². The molecule has 0 amide bonds. The summed E-state index contributed by atoms with van der Waals surface area (Å²) in [6.45, 7) is 0. The molecule has 2 aromatic rings. The van der Waals surface area contributed by atoms with Crippen LogP contribution in [0.1, 0.15) is 9.75 Å². The van der Waals surface area contributed by atoms with Crippen LogP contribution in [-0.4, -0.2) is 0 Å². The molecule has 4 heteroatoms. The maximum absolute atomic E-state index is 3.45. The second-order valence-electron chi connectivity index (χ2n) is 3.00. The van der Waals surface area contributed by atoms with Crippen LogP contribution in [0.5, 0.6) is 0 Å². The molecule has 0 saturated heterocycles. The maximum Gasteiger partial charge on any atom is 0.0704 e. The number of hydrogen-bond donors (Lipinski definition) is 0. The van der Waals surface area contributed by atoms with Crippen LogP contribution in [0.15, 0.2) is 40.2 Å². The van der Waals surface area contributed by atoms with E-state index in [0.717, 1.165) is 0 Å². The lowest BCUT2D eigenvalue weighted by atomic mass is 10.3. The molecule has 2 aromatic heterocycles. The lowest BCUT2D eigenvalue weighted by Crippen LogP contribution is -1.56. The van der Waals surface area contributed by atoms with E-state index in [9.17, 15) is 0 Å². The molecule has 0 aliphatic rings. The van der Waals surface area contributed by atoms with Crippen molar-refractivity contribution in [3.8, 4) is 0 Å². The van der Waals surface area contributed by atoms with Gasteiger partial charge in [0.15, 0.2) is 0 Å². The molecule has 0 aliphatic heterocycles. The molecule has 0 nitrogen and oxygen atoms in total. The largest absolute Gasteiger partial charge is 0.130 e. The Labute approximate surface area is 125 Å². The molecule has 0 bridgehead atoms. The zero-order chi connectivity index (χ0) is 11.4. The number of allylic oxidation sites excluding steroid dienone is 2. The molecule has 0 saturated carbocycles. The van der Waals surface area contributed by atoms with Crippen LogP contribution in [0.2, 0.25) is 0 Å². The highest BCUT2D eigenvalue weighted by atomic mass is 127. The molecular weight excluding hydrogens is 415 g/mol. The van der Waals surface area contributed by atoms with Crippen molar-refractivity contribution in [1.82, 2.24) is 0 Å². The first-order valence-corrected chi connectivity index (χ1v) is 8.10. The molecule has 0 atom stereocenters. The van der Waals surface area contributed by atoms with Gasteiger partial charge < -0.3 is 0 Å². The summed E-state index contributed by atoms with van der Waals surface area (Å²) in [6, 6.07) is 8.44. The maximum atomic E-state index is 3.45. The molecule has 0 N–H and O–H groups in total. The van der Waals surface area contributed by atoms with Gasteiger partial charge >= 0.3 is 0 Å². The van der Waals surface area contributed by atoms with Crippen molar-refractivity contribution in [1.29, 1.82) is 0 Å². The fourth-order valence-corrected chi connectivity index (χ4v) is 4.06. The smallest absolute Gasteiger partial charge is 0.0704 e. The van der Waals surface area contributed by atoms with E-state index < -0.39 is 0 Å². The van der Waals surface area contributed by atoms with Gasteiger partial charge in [-0.3, -0.25) is 0 Å². The number of rotatable bonds is 3. The Hall–Kier alpha value is 0.0900. The fourth-order valence-electron chi connectivity index (χ4n) is 1.14. The van der Waals surface area contributed by atoms with E-state index in [1.54, 1.807) is 22.7 Å². The topological polar surface area (TPSA) is 0 Å². The SMILES string of the molecule is Brc1ccc(/C=C/C=C/c2ccc(I)s2)s1. The summed E-state index contributed by atoms with van der Waals surface area (Å²) in [5, 5.41) is 0. The van der Waals surface area contributed by atoms with Gasteiger partial charge in [0.05, 0.1) is 6.67 Å². The molecule has 0 spiro atoms. The molecule has 0 aromatic carbocycles. The zero-order valence-electron chi connectivity index (χ0n) is 8.19. The third kappa shape index (κ3) is 3.84. The van der Waals surface area contributed by atoms with Crippen molar-refractivity contribution in [3.63, 3.8) is 0 Å². The number of halogens is 2. The highest BCUT2D eigenvalue weighted by molar-refractivity contribution is 14.1. The third-order valence-corrected chi connectivity index (χ3v) is 5.27. The third-order valence-electron chi connectivity index (χ3n) is 1.82. The van der Waals surface area contributed by atoms with Gasteiger partial charge in [-0.05, 0) is 74.9 Å². The molecule has 16 heavy (non-hydrogen) atoms. The molecule has 0 fully saturated rings. The van der Waals surface area contributed by atoms with Crippen LogP contribution in [0, 0.1) is 2.88 Å². The van der Waals surface area contributed by atoms with Crippen molar-refractivity contribution in [3.05, 3.63) is 52.8 Å². The van der Waals surface area contributed by atoms with Gasteiger partial charge in [0.2, 0.25) is 0 Å². The van der Waals surface area contributed by atoms with E-state index in [0.29, 0.717) is 0 Å². The average molecular weight is 423 g/mol. The first-order valence-electron chi connectivity index (χ1n) is 4.59. The van der Waals surface area contributed by atoms with Gasteiger partial charge in [0.25, 0.3) is 0 Å². The van der Waals surface area contributed by atoms with Crippen molar-refractivity contribution in [2.75, 3.05) is 0 Å². The highest BCUT2D eigenvalue weighted by Crippen LogP contribution is 2.23. The Kier molecular flexibility index (Phi) is 4.81. The van der Waals surface area contributed by atoms with Crippen molar-refractivity contribution < 1.29 is 0 Å². The summed E-state index contributed by atoms with van der Waals surface area (Å²) in [6.07, 6.45) is 8.40.